The molecule has 4 rings (SSSR count). The van der Waals surface area contributed by atoms with Crippen molar-refractivity contribution in [2.24, 2.45) is 0 Å². The zero-order valence-corrected chi connectivity index (χ0v) is 18.0. The van der Waals surface area contributed by atoms with Gasteiger partial charge in [0.05, 0.1) is 10.6 Å². The number of benzene rings is 2. The van der Waals surface area contributed by atoms with Crippen molar-refractivity contribution in [2.45, 2.75) is 43.5 Å². The van der Waals surface area contributed by atoms with Gasteiger partial charge in [-0.15, -0.1) is 0 Å². The van der Waals surface area contributed by atoms with Crippen molar-refractivity contribution in [3.8, 4) is 0 Å². The maximum absolute atomic E-state index is 13.9. The average molecular weight is 446 g/mol. The number of anilines is 2. The highest BCUT2D eigenvalue weighted by molar-refractivity contribution is 7.89. The molecular formula is C22H24FN3O4S. The Morgan fingerprint density at radius 3 is 2.45 bits per heavy atom. The van der Waals surface area contributed by atoms with Crippen LogP contribution < -0.4 is 10.2 Å². The van der Waals surface area contributed by atoms with Gasteiger partial charge in [-0.25, -0.2) is 12.8 Å². The van der Waals surface area contributed by atoms with E-state index in [1.807, 2.05) is 0 Å². The number of para-hydroxylation sites is 1. The van der Waals surface area contributed by atoms with E-state index < -0.39 is 27.8 Å². The number of fused-ring (bicyclic) bond motifs is 1. The van der Waals surface area contributed by atoms with Gasteiger partial charge in [0.2, 0.25) is 21.8 Å². The quantitative estimate of drug-likeness (QED) is 0.784. The number of halogens is 1. The van der Waals surface area contributed by atoms with E-state index in [9.17, 15) is 22.4 Å². The summed E-state index contributed by atoms with van der Waals surface area (Å²) in [5.74, 6) is -1.45. The van der Waals surface area contributed by atoms with Gasteiger partial charge in [0.15, 0.2) is 0 Å². The maximum Gasteiger partial charge on any atom is 0.247 e. The number of hydrogen-bond donors (Lipinski definition) is 1. The summed E-state index contributed by atoms with van der Waals surface area (Å²) in [6.07, 6.45) is 2.84. The highest BCUT2D eigenvalue weighted by Gasteiger charge is 2.38. The third-order valence-corrected chi connectivity index (χ3v) is 7.66. The van der Waals surface area contributed by atoms with Crippen LogP contribution in [-0.2, 0) is 26.0 Å². The summed E-state index contributed by atoms with van der Waals surface area (Å²) >= 11 is 0. The Morgan fingerprint density at radius 2 is 1.77 bits per heavy atom. The highest BCUT2D eigenvalue weighted by Crippen LogP contribution is 2.35. The first-order chi connectivity index (χ1) is 14.8. The van der Waals surface area contributed by atoms with Crippen molar-refractivity contribution in [3.05, 3.63) is 53.8 Å². The molecule has 2 aromatic carbocycles. The van der Waals surface area contributed by atoms with Gasteiger partial charge in [-0.05, 0) is 48.7 Å². The molecule has 0 unspecified atom stereocenters. The molecule has 0 bridgehead atoms. The number of carbonyl (C=O) groups excluding carboxylic acids is 2. The van der Waals surface area contributed by atoms with E-state index in [1.54, 1.807) is 18.2 Å². The normalized spacial score (nSPS) is 19.2. The van der Waals surface area contributed by atoms with Gasteiger partial charge in [-0.2, -0.15) is 4.31 Å². The molecule has 1 saturated heterocycles. The molecule has 1 fully saturated rings. The van der Waals surface area contributed by atoms with Crippen molar-refractivity contribution in [3.63, 3.8) is 0 Å². The highest BCUT2D eigenvalue weighted by atomic mass is 32.2. The fraction of sp³-hybridized carbons (Fsp3) is 0.364. The third kappa shape index (κ3) is 4.07. The minimum atomic E-state index is -3.63. The first kappa shape index (κ1) is 21.5. The van der Waals surface area contributed by atoms with Gasteiger partial charge in [0, 0.05) is 32.1 Å². The number of rotatable bonds is 4. The van der Waals surface area contributed by atoms with Gasteiger partial charge in [0.1, 0.15) is 11.9 Å². The molecule has 31 heavy (non-hydrogen) atoms. The summed E-state index contributed by atoms with van der Waals surface area (Å²) in [6.45, 7) is 2.33. The first-order valence-electron chi connectivity index (χ1n) is 10.3. The molecule has 0 aromatic heterocycles. The largest absolute Gasteiger partial charge is 0.322 e. The summed E-state index contributed by atoms with van der Waals surface area (Å²) in [4.78, 5) is 26.7. The molecule has 1 atom stereocenters. The molecule has 2 aliphatic heterocycles. The summed E-state index contributed by atoms with van der Waals surface area (Å²) in [5.41, 5.74) is 1.13. The van der Waals surface area contributed by atoms with Crippen LogP contribution in [0.3, 0.4) is 0 Å². The minimum absolute atomic E-state index is 0.0281. The molecule has 164 valence electrons. The van der Waals surface area contributed by atoms with Gasteiger partial charge in [-0.3, -0.25) is 14.5 Å². The van der Waals surface area contributed by atoms with E-state index >= 15 is 0 Å². The van der Waals surface area contributed by atoms with E-state index in [-0.39, 0.29) is 22.9 Å². The molecule has 7 nitrogen and oxygen atoms in total. The Labute approximate surface area is 180 Å². The van der Waals surface area contributed by atoms with E-state index in [0.717, 1.165) is 19.3 Å². The van der Waals surface area contributed by atoms with Gasteiger partial charge in [-0.1, -0.05) is 18.6 Å². The molecular weight excluding hydrogens is 421 g/mol. The number of nitrogens with one attached hydrogen (secondary N) is 1. The summed E-state index contributed by atoms with van der Waals surface area (Å²) in [7, 11) is -3.63. The zero-order valence-electron chi connectivity index (χ0n) is 17.2. The number of nitrogens with zero attached hydrogens (tertiary/aromatic N) is 2. The molecule has 2 amide bonds. The molecule has 2 heterocycles. The van der Waals surface area contributed by atoms with Crippen molar-refractivity contribution in [1.82, 2.24) is 4.31 Å². The second-order valence-electron chi connectivity index (χ2n) is 7.83. The number of amides is 2. The Morgan fingerprint density at radius 1 is 1.06 bits per heavy atom. The van der Waals surface area contributed by atoms with Crippen molar-refractivity contribution in [1.29, 1.82) is 0 Å². The van der Waals surface area contributed by atoms with E-state index in [1.165, 1.54) is 40.4 Å². The number of carbonyl (C=O) groups is 2. The summed E-state index contributed by atoms with van der Waals surface area (Å²) < 4.78 is 41.5. The Hall–Kier alpha value is -2.78. The smallest absolute Gasteiger partial charge is 0.247 e. The Kier molecular flexibility index (Phi) is 5.81. The lowest BCUT2D eigenvalue weighted by Crippen LogP contribution is -2.44. The zero-order chi connectivity index (χ0) is 22.2. The molecule has 2 aliphatic rings. The van der Waals surface area contributed by atoms with Crippen LogP contribution in [-0.4, -0.2) is 43.7 Å². The Bertz CT molecular complexity index is 1130. The maximum atomic E-state index is 13.9. The molecule has 0 spiro atoms. The van der Waals surface area contributed by atoms with Crippen LogP contribution in [0.5, 0.6) is 0 Å². The molecule has 9 heteroatoms. The number of piperidine rings is 1. The molecule has 1 N–H and O–H groups in total. The van der Waals surface area contributed by atoms with Crippen LogP contribution in [0.4, 0.5) is 15.8 Å². The topological polar surface area (TPSA) is 86.8 Å². The fourth-order valence-corrected chi connectivity index (χ4v) is 5.79. The standard InChI is InChI=1S/C22H24FN3O4S/c1-15(27)26-20-10-9-17(31(29,30)25-11-5-2-6-12-25)13-16(20)14-21(26)22(28)24-19-8-4-3-7-18(19)23/h3-4,7-10,13,21H,2,5-6,11-12,14H2,1H3,(H,24,28)/t21-/m0/s1. The summed E-state index contributed by atoms with van der Waals surface area (Å²) in [6, 6.07) is 9.51. The van der Waals surface area contributed by atoms with E-state index in [2.05, 4.69) is 5.32 Å². The molecule has 2 aromatic rings. The first-order valence-corrected chi connectivity index (χ1v) is 11.7. The van der Waals surface area contributed by atoms with Crippen LogP contribution >= 0.6 is 0 Å². The average Bonchev–Trinajstić information content (AvgIpc) is 3.15. The monoisotopic (exact) mass is 445 g/mol. The van der Waals surface area contributed by atoms with Crippen LogP contribution in [0.25, 0.3) is 0 Å². The van der Waals surface area contributed by atoms with Crippen LogP contribution in [0, 0.1) is 5.82 Å². The molecule has 0 saturated carbocycles. The lowest BCUT2D eigenvalue weighted by atomic mass is 10.1. The van der Waals surface area contributed by atoms with Crippen LogP contribution in [0.2, 0.25) is 0 Å². The van der Waals surface area contributed by atoms with Gasteiger partial charge < -0.3 is 5.32 Å². The SMILES string of the molecule is CC(=O)N1c2ccc(S(=O)(=O)N3CCCCC3)cc2C[C@H]1C(=O)Nc1ccccc1F. The predicted molar refractivity (Wildman–Crippen MR) is 115 cm³/mol. The minimum Gasteiger partial charge on any atom is -0.322 e. The number of hydrogen-bond acceptors (Lipinski definition) is 4. The van der Waals surface area contributed by atoms with Crippen LogP contribution in [0.15, 0.2) is 47.4 Å². The molecule has 0 aliphatic carbocycles. The second kappa shape index (κ2) is 8.39. The van der Waals surface area contributed by atoms with Crippen molar-refractivity contribution >= 4 is 33.2 Å². The summed E-state index contributed by atoms with van der Waals surface area (Å²) in [5, 5.41) is 2.53. The lowest BCUT2D eigenvalue weighted by molar-refractivity contribution is -0.122. The van der Waals surface area contributed by atoms with Gasteiger partial charge in [0.25, 0.3) is 0 Å². The van der Waals surface area contributed by atoms with Gasteiger partial charge >= 0.3 is 0 Å². The van der Waals surface area contributed by atoms with Crippen molar-refractivity contribution < 1.29 is 22.4 Å². The second-order valence-corrected chi connectivity index (χ2v) is 9.77. The molecule has 0 radical (unpaired) electrons. The predicted octanol–water partition coefficient (Wildman–Crippen LogP) is 2.92. The Balaban J connectivity index is 1.62. The van der Waals surface area contributed by atoms with E-state index in [0.29, 0.717) is 24.3 Å². The van der Waals surface area contributed by atoms with Crippen molar-refractivity contribution in [2.75, 3.05) is 23.3 Å². The third-order valence-electron chi connectivity index (χ3n) is 5.76. The fourth-order valence-electron chi connectivity index (χ4n) is 4.22. The number of sulfonamides is 1. The van der Waals surface area contributed by atoms with E-state index in [4.69, 9.17) is 0 Å². The van der Waals surface area contributed by atoms with Crippen LogP contribution in [0.1, 0.15) is 31.7 Å². The lowest BCUT2D eigenvalue weighted by Gasteiger charge is -2.26.